The number of nitrogens with zero attached hydrogens (tertiary/aromatic N) is 1. The molecule has 1 heterocycles. The van der Waals surface area contributed by atoms with Crippen LogP contribution in [0.5, 0.6) is 0 Å². The molecule has 2 amide bonds. The van der Waals surface area contributed by atoms with Crippen molar-refractivity contribution in [3.05, 3.63) is 22.4 Å². The molecular weight excluding hydrogens is 276 g/mol. The number of hydrogen-bond acceptors (Lipinski definition) is 3. The average molecular weight is 298 g/mol. The van der Waals surface area contributed by atoms with Gasteiger partial charge in [-0.3, -0.25) is 0 Å². The number of urea groups is 1. The molecule has 1 aromatic heterocycles. The van der Waals surface area contributed by atoms with Crippen LogP contribution in [0.3, 0.4) is 0 Å². The first-order chi connectivity index (χ1) is 9.32. The first-order valence-electron chi connectivity index (χ1n) is 6.62. The Kier molecular flexibility index (Phi) is 6.01. The maximum Gasteiger partial charge on any atom is 0.326 e. The van der Waals surface area contributed by atoms with E-state index in [-0.39, 0.29) is 18.0 Å². The maximum absolute atomic E-state index is 12.1. The van der Waals surface area contributed by atoms with Crippen molar-refractivity contribution in [2.45, 2.75) is 39.3 Å². The van der Waals surface area contributed by atoms with Crippen molar-refractivity contribution in [1.29, 1.82) is 0 Å². The van der Waals surface area contributed by atoms with Crippen LogP contribution in [0.15, 0.2) is 17.5 Å². The molecular formula is C14H22N2O3S. The molecule has 0 aliphatic carbocycles. The highest BCUT2D eigenvalue weighted by atomic mass is 32.1. The fourth-order valence-corrected chi connectivity index (χ4v) is 2.67. The van der Waals surface area contributed by atoms with E-state index < -0.39 is 12.0 Å². The summed E-state index contributed by atoms with van der Waals surface area (Å²) in [5.74, 6) is -0.791. The fraction of sp³-hybridized carbons (Fsp3) is 0.571. The fourth-order valence-electron chi connectivity index (χ4n) is 1.84. The Morgan fingerprint density at radius 1 is 1.40 bits per heavy atom. The molecule has 0 aromatic carbocycles. The van der Waals surface area contributed by atoms with Crippen molar-refractivity contribution in [2.75, 3.05) is 7.05 Å². The molecule has 0 spiro atoms. The quantitative estimate of drug-likeness (QED) is 0.848. The molecule has 6 heteroatoms. The number of aliphatic carboxylic acids is 1. The zero-order valence-electron chi connectivity index (χ0n) is 12.3. The second-order valence-electron chi connectivity index (χ2n) is 5.27. The van der Waals surface area contributed by atoms with Gasteiger partial charge in [0.05, 0.1) is 6.04 Å². The smallest absolute Gasteiger partial charge is 0.326 e. The number of rotatable bonds is 6. The van der Waals surface area contributed by atoms with Gasteiger partial charge in [-0.15, -0.1) is 11.3 Å². The van der Waals surface area contributed by atoms with Crippen molar-refractivity contribution < 1.29 is 14.7 Å². The Bertz CT molecular complexity index is 445. The molecule has 1 unspecified atom stereocenters. The van der Waals surface area contributed by atoms with Gasteiger partial charge in [0, 0.05) is 11.9 Å². The third kappa shape index (κ3) is 4.52. The first kappa shape index (κ1) is 16.5. The highest BCUT2D eigenvalue weighted by Gasteiger charge is 2.25. The lowest BCUT2D eigenvalue weighted by Crippen LogP contribution is -2.47. The molecule has 0 aliphatic heterocycles. The molecule has 0 saturated heterocycles. The van der Waals surface area contributed by atoms with Crippen LogP contribution in [0.1, 0.15) is 38.1 Å². The normalized spacial score (nSPS) is 13.8. The van der Waals surface area contributed by atoms with Crippen LogP contribution >= 0.6 is 11.3 Å². The van der Waals surface area contributed by atoms with Crippen LogP contribution in [0.4, 0.5) is 4.79 Å². The summed E-state index contributed by atoms with van der Waals surface area (Å²) in [4.78, 5) is 25.9. The minimum Gasteiger partial charge on any atom is -0.480 e. The molecule has 1 aromatic rings. The van der Waals surface area contributed by atoms with Gasteiger partial charge in [0.25, 0.3) is 0 Å². The lowest BCUT2D eigenvalue weighted by Gasteiger charge is -2.26. The van der Waals surface area contributed by atoms with E-state index in [0.29, 0.717) is 6.42 Å². The van der Waals surface area contributed by atoms with Crippen molar-refractivity contribution >= 4 is 23.3 Å². The summed E-state index contributed by atoms with van der Waals surface area (Å²) < 4.78 is 0. The zero-order chi connectivity index (χ0) is 15.3. The van der Waals surface area contributed by atoms with Crippen LogP contribution < -0.4 is 5.32 Å². The highest BCUT2D eigenvalue weighted by Crippen LogP contribution is 2.23. The SMILES string of the molecule is CC(C)C[C@H](NC(=O)N(C)C(C)c1cccs1)C(=O)O. The number of carboxylic acid groups (broad SMARTS) is 1. The summed E-state index contributed by atoms with van der Waals surface area (Å²) in [7, 11) is 1.67. The van der Waals surface area contributed by atoms with E-state index in [0.717, 1.165) is 4.88 Å². The van der Waals surface area contributed by atoms with E-state index in [9.17, 15) is 9.59 Å². The Morgan fingerprint density at radius 2 is 2.05 bits per heavy atom. The molecule has 0 radical (unpaired) electrons. The van der Waals surface area contributed by atoms with Crippen LogP contribution in [-0.2, 0) is 4.79 Å². The minimum absolute atomic E-state index is 0.0801. The number of hydrogen-bond donors (Lipinski definition) is 2. The summed E-state index contributed by atoms with van der Waals surface area (Å²) in [6.07, 6.45) is 0.419. The van der Waals surface area contributed by atoms with Crippen molar-refractivity contribution in [2.24, 2.45) is 5.92 Å². The Morgan fingerprint density at radius 3 is 2.50 bits per heavy atom. The number of carboxylic acids is 1. The van der Waals surface area contributed by atoms with Gasteiger partial charge in [-0.2, -0.15) is 0 Å². The van der Waals surface area contributed by atoms with Crippen molar-refractivity contribution in [1.82, 2.24) is 10.2 Å². The van der Waals surface area contributed by atoms with Crippen molar-refractivity contribution in [3.63, 3.8) is 0 Å². The Labute approximate surface area is 123 Å². The monoisotopic (exact) mass is 298 g/mol. The van der Waals surface area contributed by atoms with Crippen LogP contribution in [0.25, 0.3) is 0 Å². The van der Waals surface area contributed by atoms with E-state index in [2.05, 4.69) is 5.32 Å². The van der Waals surface area contributed by atoms with Gasteiger partial charge in [-0.05, 0) is 30.7 Å². The van der Waals surface area contributed by atoms with Gasteiger partial charge in [0.1, 0.15) is 6.04 Å². The van der Waals surface area contributed by atoms with E-state index in [1.165, 1.54) is 4.90 Å². The highest BCUT2D eigenvalue weighted by molar-refractivity contribution is 7.10. The van der Waals surface area contributed by atoms with Gasteiger partial charge in [-0.1, -0.05) is 19.9 Å². The standard InChI is InChI=1S/C14H22N2O3S/c1-9(2)8-11(13(17)18)15-14(19)16(4)10(3)12-6-5-7-20-12/h5-7,9-11H,8H2,1-4H3,(H,15,19)(H,17,18)/t10?,11-/m0/s1. The van der Waals surface area contributed by atoms with Crippen LogP contribution in [-0.4, -0.2) is 35.1 Å². The number of nitrogens with one attached hydrogen (secondary N) is 1. The van der Waals surface area contributed by atoms with Crippen molar-refractivity contribution in [3.8, 4) is 0 Å². The summed E-state index contributed by atoms with van der Waals surface area (Å²) in [6, 6.07) is 2.60. The predicted octanol–water partition coefficient (Wildman–Crippen LogP) is 2.95. The van der Waals surface area contributed by atoms with Gasteiger partial charge >= 0.3 is 12.0 Å². The van der Waals surface area contributed by atoms with Crippen LogP contribution in [0.2, 0.25) is 0 Å². The Hall–Kier alpha value is -1.56. The lowest BCUT2D eigenvalue weighted by molar-refractivity contribution is -0.139. The summed E-state index contributed by atoms with van der Waals surface area (Å²) >= 11 is 1.57. The lowest BCUT2D eigenvalue weighted by atomic mass is 10.0. The second kappa shape index (κ2) is 7.28. The molecule has 1 rings (SSSR count). The average Bonchev–Trinajstić information content (AvgIpc) is 2.89. The zero-order valence-corrected chi connectivity index (χ0v) is 13.1. The first-order valence-corrected chi connectivity index (χ1v) is 7.50. The number of carbonyl (C=O) groups excluding carboxylic acids is 1. The van der Waals surface area contributed by atoms with E-state index in [1.807, 2.05) is 38.3 Å². The largest absolute Gasteiger partial charge is 0.480 e. The molecule has 112 valence electrons. The molecule has 0 fully saturated rings. The molecule has 0 bridgehead atoms. The third-order valence-electron chi connectivity index (χ3n) is 3.16. The molecule has 2 N–H and O–H groups in total. The topological polar surface area (TPSA) is 69.6 Å². The van der Waals surface area contributed by atoms with Gasteiger partial charge in [-0.25, -0.2) is 9.59 Å². The maximum atomic E-state index is 12.1. The van der Waals surface area contributed by atoms with Gasteiger partial charge in [0.2, 0.25) is 0 Å². The summed E-state index contributed by atoms with van der Waals surface area (Å²) in [5.41, 5.74) is 0. The van der Waals surface area contributed by atoms with E-state index in [4.69, 9.17) is 5.11 Å². The minimum atomic E-state index is -0.996. The summed E-state index contributed by atoms with van der Waals surface area (Å²) in [5, 5.41) is 13.7. The Balaban J connectivity index is 2.66. The second-order valence-corrected chi connectivity index (χ2v) is 6.25. The van der Waals surface area contributed by atoms with Crippen LogP contribution in [0, 0.1) is 5.92 Å². The summed E-state index contributed by atoms with van der Waals surface area (Å²) in [6.45, 7) is 5.78. The molecule has 5 nitrogen and oxygen atoms in total. The van der Waals surface area contributed by atoms with E-state index in [1.54, 1.807) is 18.4 Å². The molecule has 20 heavy (non-hydrogen) atoms. The molecule has 0 aliphatic rings. The molecule has 2 atom stereocenters. The third-order valence-corrected chi connectivity index (χ3v) is 4.20. The number of carbonyl (C=O) groups is 2. The predicted molar refractivity (Wildman–Crippen MR) is 79.9 cm³/mol. The molecule has 0 saturated carbocycles. The number of thiophene rings is 1. The van der Waals surface area contributed by atoms with Gasteiger partial charge < -0.3 is 15.3 Å². The number of amides is 2. The van der Waals surface area contributed by atoms with E-state index >= 15 is 0 Å². The van der Waals surface area contributed by atoms with Gasteiger partial charge in [0.15, 0.2) is 0 Å².